The summed E-state index contributed by atoms with van der Waals surface area (Å²) >= 11 is 11.7. The molecule has 2 nitrogen and oxygen atoms in total. The second-order valence-corrected chi connectivity index (χ2v) is 4.10. The first kappa shape index (κ1) is 10.5. The number of hydrogen-bond donors (Lipinski definition) is 1. The highest BCUT2D eigenvalue weighted by molar-refractivity contribution is 6.42. The van der Waals surface area contributed by atoms with Gasteiger partial charge in [-0.1, -0.05) is 29.3 Å². The Morgan fingerprint density at radius 1 is 1.13 bits per heavy atom. The number of aromatic amines is 1. The molecule has 0 atom stereocenters. The minimum atomic E-state index is 0.596. The van der Waals surface area contributed by atoms with E-state index in [1.54, 1.807) is 6.20 Å². The zero-order chi connectivity index (χ0) is 10.7. The maximum atomic E-state index is 5.92. The number of aromatic nitrogens is 2. The van der Waals surface area contributed by atoms with Crippen LogP contribution in [0.3, 0.4) is 0 Å². The van der Waals surface area contributed by atoms with Crippen molar-refractivity contribution >= 4 is 23.2 Å². The summed E-state index contributed by atoms with van der Waals surface area (Å²) in [5, 5.41) is 1.20. The second kappa shape index (κ2) is 4.69. The third-order valence-electron chi connectivity index (χ3n) is 2.19. The maximum Gasteiger partial charge on any atom is 0.106 e. The van der Waals surface area contributed by atoms with Gasteiger partial charge < -0.3 is 4.98 Å². The van der Waals surface area contributed by atoms with Crippen LogP contribution in [0.25, 0.3) is 0 Å². The van der Waals surface area contributed by atoms with Crippen molar-refractivity contribution in [3.63, 3.8) is 0 Å². The van der Waals surface area contributed by atoms with Gasteiger partial charge in [0.05, 0.1) is 10.0 Å². The Bertz CT molecular complexity index is 438. The molecule has 78 valence electrons. The molecule has 0 saturated carbocycles. The van der Waals surface area contributed by atoms with Gasteiger partial charge in [-0.3, -0.25) is 0 Å². The van der Waals surface area contributed by atoms with Gasteiger partial charge in [-0.25, -0.2) is 4.98 Å². The summed E-state index contributed by atoms with van der Waals surface area (Å²) in [6, 6.07) is 5.70. The Hall–Kier alpha value is -0.990. The molecule has 0 radical (unpaired) electrons. The van der Waals surface area contributed by atoms with Crippen LogP contribution in [-0.4, -0.2) is 9.97 Å². The fourth-order valence-electron chi connectivity index (χ4n) is 1.39. The minimum Gasteiger partial charge on any atom is -0.349 e. The molecule has 0 unspecified atom stereocenters. The van der Waals surface area contributed by atoms with Gasteiger partial charge in [-0.2, -0.15) is 0 Å². The Labute approximate surface area is 98.3 Å². The average molecular weight is 241 g/mol. The predicted octanol–water partition coefficient (Wildman–Crippen LogP) is 3.50. The Morgan fingerprint density at radius 3 is 2.67 bits per heavy atom. The zero-order valence-corrected chi connectivity index (χ0v) is 9.52. The van der Waals surface area contributed by atoms with Crippen LogP contribution in [-0.2, 0) is 12.8 Å². The monoisotopic (exact) mass is 240 g/mol. The first-order valence-electron chi connectivity index (χ1n) is 4.68. The lowest BCUT2D eigenvalue weighted by molar-refractivity contribution is 0.884. The average Bonchev–Trinajstić information content (AvgIpc) is 2.73. The minimum absolute atomic E-state index is 0.596. The van der Waals surface area contributed by atoms with Crippen LogP contribution in [0, 0.1) is 0 Å². The molecule has 1 aromatic carbocycles. The summed E-state index contributed by atoms with van der Waals surface area (Å²) < 4.78 is 0. The fraction of sp³-hybridized carbons (Fsp3) is 0.182. The van der Waals surface area contributed by atoms with Gasteiger partial charge in [0.2, 0.25) is 0 Å². The first-order valence-corrected chi connectivity index (χ1v) is 5.43. The largest absolute Gasteiger partial charge is 0.349 e. The standard InChI is InChI=1S/C11H10Cl2N2/c12-9-3-1-8(7-10(9)13)2-4-11-14-5-6-15-11/h1,3,5-7H,2,4H2,(H,14,15). The van der Waals surface area contributed by atoms with Crippen molar-refractivity contribution < 1.29 is 0 Å². The molecule has 0 amide bonds. The van der Waals surface area contributed by atoms with Gasteiger partial charge in [0.1, 0.15) is 5.82 Å². The molecule has 0 saturated heterocycles. The van der Waals surface area contributed by atoms with E-state index in [0.717, 1.165) is 18.7 Å². The molecule has 0 aliphatic heterocycles. The normalized spacial score (nSPS) is 10.5. The lowest BCUT2D eigenvalue weighted by Crippen LogP contribution is -1.93. The molecule has 1 aromatic heterocycles. The maximum absolute atomic E-state index is 5.92. The second-order valence-electron chi connectivity index (χ2n) is 3.28. The van der Waals surface area contributed by atoms with Crippen molar-refractivity contribution in [1.82, 2.24) is 9.97 Å². The molecule has 0 spiro atoms. The highest BCUT2D eigenvalue weighted by Crippen LogP contribution is 2.23. The quantitative estimate of drug-likeness (QED) is 0.875. The summed E-state index contributed by atoms with van der Waals surface area (Å²) in [4.78, 5) is 7.22. The summed E-state index contributed by atoms with van der Waals surface area (Å²) in [6.07, 6.45) is 5.36. The Balaban J connectivity index is 2.02. The molecule has 1 N–H and O–H groups in total. The molecule has 2 rings (SSSR count). The molecule has 4 heteroatoms. The van der Waals surface area contributed by atoms with E-state index in [1.807, 2.05) is 24.4 Å². The van der Waals surface area contributed by atoms with E-state index in [-0.39, 0.29) is 0 Å². The van der Waals surface area contributed by atoms with Crippen LogP contribution in [0.2, 0.25) is 10.0 Å². The number of nitrogens with zero attached hydrogens (tertiary/aromatic N) is 1. The van der Waals surface area contributed by atoms with E-state index in [4.69, 9.17) is 23.2 Å². The van der Waals surface area contributed by atoms with Crippen molar-refractivity contribution in [1.29, 1.82) is 0 Å². The molecule has 1 heterocycles. The number of hydrogen-bond acceptors (Lipinski definition) is 1. The molecule has 2 aromatic rings. The van der Waals surface area contributed by atoms with Gasteiger partial charge in [0.25, 0.3) is 0 Å². The van der Waals surface area contributed by atoms with E-state index >= 15 is 0 Å². The fourth-order valence-corrected chi connectivity index (χ4v) is 1.71. The predicted molar refractivity (Wildman–Crippen MR) is 62.5 cm³/mol. The zero-order valence-electron chi connectivity index (χ0n) is 8.00. The summed E-state index contributed by atoms with van der Waals surface area (Å²) in [5.41, 5.74) is 1.17. The molecule has 0 aliphatic rings. The van der Waals surface area contributed by atoms with E-state index < -0.39 is 0 Å². The lowest BCUT2D eigenvalue weighted by atomic mass is 10.1. The van der Waals surface area contributed by atoms with E-state index in [9.17, 15) is 0 Å². The van der Waals surface area contributed by atoms with Gasteiger partial charge in [-0.15, -0.1) is 0 Å². The number of benzene rings is 1. The lowest BCUT2D eigenvalue weighted by Gasteiger charge is -2.01. The van der Waals surface area contributed by atoms with E-state index in [1.165, 1.54) is 5.56 Å². The SMILES string of the molecule is Clc1ccc(CCc2ncc[nH]2)cc1Cl. The number of nitrogens with one attached hydrogen (secondary N) is 1. The van der Waals surface area contributed by atoms with Crippen LogP contribution < -0.4 is 0 Å². The van der Waals surface area contributed by atoms with Gasteiger partial charge in [0.15, 0.2) is 0 Å². The van der Waals surface area contributed by atoms with Crippen molar-refractivity contribution in [3.05, 3.63) is 52.0 Å². The number of H-pyrrole nitrogens is 1. The van der Waals surface area contributed by atoms with Crippen LogP contribution in [0.5, 0.6) is 0 Å². The number of halogens is 2. The highest BCUT2D eigenvalue weighted by Gasteiger charge is 2.01. The van der Waals surface area contributed by atoms with Gasteiger partial charge in [-0.05, 0) is 24.1 Å². The van der Waals surface area contributed by atoms with Crippen LogP contribution >= 0.6 is 23.2 Å². The summed E-state index contributed by atoms with van der Waals surface area (Å²) in [7, 11) is 0. The van der Waals surface area contributed by atoms with E-state index in [0.29, 0.717) is 10.0 Å². The highest BCUT2D eigenvalue weighted by atomic mass is 35.5. The first-order chi connectivity index (χ1) is 7.25. The molecule has 0 aliphatic carbocycles. The Kier molecular flexibility index (Phi) is 3.29. The van der Waals surface area contributed by atoms with Crippen LogP contribution in [0.1, 0.15) is 11.4 Å². The summed E-state index contributed by atoms with van der Waals surface area (Å²) in [6.45, 7) is 0. The Morgan fingerprint density at radius 2 is 2.00 bits per heavy atom. The van der Waals surface area contributed by atoms with E-state index in [2.05, 4.69) is 9.97 Å². The van der Waals surface area contributed by atoms with Crippen molar-refractivity contribution in [2.24, 2.45) is 0 Å². The van der Waals surface area contributed by atoms with Crippen molar-refractivity contribution in [2.75, 3.05) is 0 Å². The smallest absolute Gasteiger partial charge is 0.106 e. The van der Waals surface area contributed by atoms with Crippen molar-refractivity contribution in [2.45, 2.75) is 12.8 Å². The number of aryl methyl sites for hydroxylation is 2. The van der Waals surface area contributed by atoms with Crippen LogP contribution in [0.4, 0.5) is 0 Å². The third-order valence-corrected chi connectivity index (χ3v) is 2.93. The van der Waals surface area contributed by atoms with Gasteiger partial charge in [0, 0.05) is 18.8 Å². The topological polar surface area (TPSA) is 28.7 Å². The molecule has 15 heavy (non-hydrogen) atoms. The molecule has 0 bridgehead atoms. The van der Waals surface area contributed by atoms with Gasteiger partial charge >= 0.3 is 0 Å². The molecular formula is C11H10Cl2N2. The summed E-state index contributed by atoms with van der Waals surface area (Å²) in [5.74, 6) is 0.987. The van der Waals surface area contributed by atoms with Crippen LogP contribution in [0.15, 0.2) is 30.6 Å². The third kappa shape index (κ3) is 2.74. The number of imidazole rings is 1. The number of rotatable bonds is 3. The molecular weight excluding hydrogens is 231 g/mol. The molecule has 0 fully saturated rings. The van der Waals surface area contributed by atoms with Crippen molar-refractivity contribution in [3.8, 4) is 0 Å².